The average molecular weight is 396 g/mol. The predicted molar refractivity (Wildman–Crippen MR) is 107 cm³/mol. The van der Waals surface area contributed by atoms with Crippen molar-refractivity contribution in [2.75, 3.05) is 25.0 Å². The lowest BCUT2D eigenvalue weighted by molar-refractivity contribution is -0.907. The van der Waals surface area contributed by atoms with E-state index in [1.807, 2.05) is 12.1 Å². The number of halogens is 1. The van der Waals surface area contributed by atoms with Gasteiger partial charge in [0.15, 0.2) is 6.54 Å². The third-order valence-corrected chi connectivity index (χ3v) is 5.22. The van der Waals surface area contributed by atoms with Gasteiger partial charge in [0.2, 0.25) is 0 Å². The first kappa shape index (κ1) is 19.1. The molecular formula is C22H23FN3O3+. The number of benzene rings is 2. The fourth-order valence-electron chi connectivity index (χ4n) is 3.85. The van der Waals surface area contributed by atoms with Gasteiger partial charge in [-0.15, -0.1) is 0 Å². The molecule has 0 bridgehead atoms. The van der Waals surface area contributed by atoms with E-state index in [9.17, 15) is 14.0 Å². The maximum Gasteiger partial charge on any atom is 0.356 e. The summed E-state index contributed by atoms with van der Waals surface area (Å²) in [6.07, 6.45) is 0.922. The molecule has 7 heteroatoms. The highest BCUT2D eigenvalue weighted by Gasteiger charge is 2.25. The highest BCUT2D eigenvalue weighted by atomic mass is 19.1. The molecule has 4 rings (SSSR count). The van der Waals surface area contributed by atoms with Gasteiger partial charge in [-0.05, 0) is 30.7 Å². The summed E-state index contributed by atoms with van der Waals surface area (Å²) in [4.78, 5) is 29.2. The molecule has 1 unspecified atom stereocenters. The number of hydrogen-bond donors (Lipinski definition) is 3. The quantitative estimate of drug-likeness (QED) is 0.578. The van der Waals surface area contributed by atoms with E-state index in [0.29, 0.717) is 10.9 Å². The molecule has 29 heavy (non-hydrogen) atoms. The molecular weight excluding hydrogens is 373 g/mol. The fourth-order valence-corrected chi connectivity index (χ4v) is 3.85. The van der Waals surface area contributed by atoms with E-state index in [1.165, 1.54) is 29.3 Å². The molecule has 2 heterocycles. The molecule has 0 spiro atoms. The number of anilines is 1. The van der Waals surface area contributed by atoms with Gasteiger partial charge in [0.05, 0.1) is 18.8 Å². The number of H-pyrrole nitrogens is 1. The molecule has 1 amide bonds. The third-order valence-electron chi connectivity index (χ3n) is 5.22. The molecule has 1 aromatic heterocycles. The Kier molecular flexibility index (Phi) is 5.31. The predicted octanol–water partition coefficient (Wildman–Crippen LogP) is 2.06. The highest BCUT2D eigenvalue weighted by molar-refractivity contribution is 6.11. The summed E-state index contributed by atoms with van der Waals surface area (Å²) in [6.45, 7) is 3.80. The van der Waals surface area contributed by atoms with Crippen molar-refractivity contribution in [3.05, 3.63) is 65.1 Å². The largest absolute Gasteiger partial charge is 0.461 e. The maximum absolute atomic E-state index is 13.8. The molecule has 0 saturated carbocycles. The summed E-state index contributed by atoms with van der Waals surface area (Å²) in [5, 5.41) is 3.26. The minimum Gasteiger partial charge on any atom is -0.461 e. The Morgan fingerprint density at radius 1 is 1.21 bits per heavy atom. The van der Waals surface area contributed by atoms with Crippen molar-refractivity contribution < 1.29 is 23.6 Å². The van der Waals surface area contributed by atoms with Gasteiger partial charge >= 0.3 is 5.97 Å². The zero-order valence-corrected chi connectivity index (χ0v) is 16.2. The molecule has 0 saturated heterocycles. The second-order valence-electron chi connectivity index (χ2n) is 7.21. The second-order valence-corrected chi connectivity index (χ2v) is 7.21. The maximum atomic E-state index is 13.8. The van der Waals surface area contributed by atoms with Gasteiger partial charge in [0.1, 0.15) is 18.1 Å². The summed E-state index contributed by atoms with van der Waals surface area (Å²) in [5.74, 6) is -1.26. The van der Waals surface area contributed by atoms with Crippen molar-refractivity contribution >= 4 is 28.5 Å². The van der Waals surface area contributed by atoms with Gasteiger partial charge in [0, 0.05) is 22.9 Å². The van der Waals surface area contributed by atoms with Crippen LogP contribution in [0.3, 0.4) is 0 Å². The number of carbonyl (C=O) groups excluding carboxylic acids is 2. The van der Waals surface area contributed by atoms with Crippen LogP contribution in [0.5, 0.6) is 0 Å². The molecule has 6 nitrogen and oxygen atoms in total. The van der Waals surface area contributed by atoms with Gasteiger partial charge in [-0.3, -0.25) is 4.79 Å². The van der Waals surface area contributed by atoms with Crippen molar-refractivity contribution in [3.63, 3.8) is 0 Å². The first-order valence-electron chi connectivity index (χ1n) is 9.73. The molecule has 3 aromatic rings. The smallest absolute Gasteiger partial charge is 0.356 e. The average Bonchev–Trinajstić information content (AvgIpc) is 3.05. The Balaban J connectivity index is 1.55. The van der Waals surface area contributed by atoms with Crippen LogP contribution in [0.15, 0.2) is 42.5 Å². The van der Waals surface area contributed by atoms with E-state index in [0.717, 1.165) is 24.4 Å². The van der Waals surface area contributed by atoms with Gasteiger partial charge < -0.3 is 19.9 Å². The zero-order valence-electron chi connectivity index (χ0n) is 16.2. The number of nitrogens with one attached hydrogen (secondary N) is 3. The van der Waals surface area contributed by atoms with E-state index >= 15 is 0 Å². The molecule has 3 N–H and O–H groups in total. The lowest BCUT2D eigenvalue weighted by atomic mass is 10.00. The molecule has 0 aliphatic carbocycles. The van der Waals surface area contributed by atoms with Crippen molar-refractivity contribution in [2.45, 2.75) is 19.9 Å². The van der Waals surface area contributed by atoms with Gasteiger partial charge in [-0.1, -0.05) is 24.3 Å². The van der Waals surface area contributed by atoms with Gasteiger partial charge in [-0.25, -0.2) is 9.18 Å². The Hall–Kier alpha value is -3.19. The van der Waals surface area contributed by atoms with Crippen molar-refractivity contribution in [2.24, 2.45) is 0 Å². The summed E-state index contributed by atoms with van der Waals surface area (Å²) in [6, 6.07) is 12.4. The first-order chi connectivity index (χ1) is 14.0. The number of amides is 1. The molecule has 2 aromatic carbocycles. The number of fused-ring (bicyclic) bond motifs is 2. The van der Waals surface area contributed by atoms with Crippen LogP contribution < -0.4 is 10.2 Å². The van der Waals surface area contributed by atoms with E-state index in [-0.39, 0.29) is 30.4 Å². The minimum absolute atomic E-state index is 0.125. The topological polar surface area (TPSA) is 75.6 Å². The van der Waals surface area contributed by atoms with Crippen LogP contribution in [0.25, 0.3) is 10.9 Å². The van der Waals surface area contributed by atoms with Crippen LogP contribution in [0, 0.1) is 5.82 Å². The lowest BCUT2D eigenvalue weighted by Crippen LogP contribution is -3.12. The van der Waals surface area contributed by atoms with E-state index in [2.05, 4.69) is 22.4 Å². The molecule has 1 aliphatic heterocycles. The Morgan fingerprint density at radius 3 is 2.79 bits per heavy atom. The molecule has 1 aliphatic rings. The Bertz CT molecular complexity index is 1080. The highest BCUT2D eigenvalue weighted by Crippen LogP contribution is 2.29. The standard InChI is InChI=1S/C22H22FN3O3/c1-2-29-22(28)21-20(17-11-16(23)7-8-18(17)24-21)25-19(27)13-26-10-9-14-5-3-4-6-15(14)12-26/h3-8,11,24H,2,9-10,12-13H2,1H3,(H,25,27)/p+1. The van der Waals surface area contributed by atoms with Crippen molar-refractivity contribution in [3.8, 4) is 0 Å². The van der Waals surface area contributed by atoms with Crippen molar-refractivity contribution in [1.82, 2.24) is 4.98 Å². The van der Waals surface area contributed by atoms with Crippen LogP contribution in [-0.2, 0) is 22.5 Å². The summed E-state index contributed by atoms with van der Waals surface area (Å²) in [7, 11) is 0. The van der Waals surface area contributed by atoms with Crippen LogP contribution in [0.1, 0.15) is 28.5 Å². The van der Waals surface area contributed by atoms with E-state index in [4.69, 9.17) is 4.74 Å². The Labute approximate surface area is 167 Å². The molecule has 1 atom stereocenters. The summed E-state index contributed by atoms with van der Waals surface area (Å²) < 4.78 is 18.9. The number of rotatable bonds is 5. The molecule has 0 fully saturated rings. The van der Waals surface area contributed by atoms with Crippen LogP contribution in [0.2, 0.25) is 0 Å². The normalized spacial score (nSPS) is 15.7. The monoisotopic (exact) mass is 396 g/mol. The van der Waals surface area contributed by atoms with Gasteiger partial charge in [0.25, 0.3) is 5.91 Å². The molecule has 150 valence electrons. The third kappa shape index (κ3) is 4.00. The number of aromatic nitrogens is 1. The lowest BCUT2D eigenvalue weighted by Gasteiger charge is -2.25. The van der Waals surface area contributed by atoms with Crippen LogP contribution in [0.4, 0.5) is 10.1 Å². The van der Waals surface area contributed by atoms with Crippen molar-refractivity contribution in [1.29, 1.82) is 0 Å². The summed E-state index contributed by atoms with van der Waals surface area (Å²) >= 11 is 0. The van der Waals surface area contributed by atoms with E-state index in [1.54, 1.807) is 6.92 Å². The van der Waals surface area contributed by atoms with Crippen LogP contribution in [-0.4, -0.2) is 36.6 Å². The summed E-state index contributed by atoms with van der Waals surface area (Å²) in [5.41, 5.74) is 3.53. The number of hydrogen-bond acceptors (Lipinski definition) is 3. The molecule has 0 radical (unpaired) electrons. The number of aromatic amines is 1. The fraction of sp³-hybridized carbons (Fsp3) is 0.273. The second kappa shape index (κ2) is 8.05. The first-order valence-corrected chi connectivity index (χ1v) is 9.73. The number of quaternary nitrogens is 1. The van der Waals surface area contributed by atoms with Crippen LogP contribution >= 0.6 is 0 Å². The number of ether oxygens (including phenoxy) is 1. The number of esters is 1. The minimum atomic E-state index is -0.585. The number of carbonyl (C=O) groups is 2. The van der Waals surface area contributed by atoms with E-state index < -0.39 is 11.8 Å². The Morgan fingerprint density at radius 2 is 2.00 bits per heavy atom. The SMILES string of the molecule is CCOC(=O)c1[nH]c2ccc(F)cc2c1NC(=O)C[NH+]1CCc2ccccc2C1. The van der Waals surface area contributed by atoms with Gasteiger partial charge in [-0.2, -0.15) is 0 Å². The zero-order chi connectivity index (χ0) is 20.4.